The van der Waals surface area contributed by atoms with Crippen LogP contribution in [0.5, 0.6) is 5.75 Å². The fourth-order valence-corrected chi connectivity index (χ4v) is 2.37. The topological polar surface area (TPSA) is 61.0 Å². The Morgan fingerprint density at radius 1 is 1.05 bits per heavy atom. The van der Waals surface area contributed by atoms with E-state index in [4.69, 9.17) is 10.5 Å². The van der Waals surface area contributed by atoms with Gasteiger partial charge in [-0.15, -0.1) is 0 Å². The Bertz CT molecular complexity index is 828. The predicted molar refractivity (Wildman–Crippen MR) is 85.4 cm³/mol. The first-order valence-electron chi connectivity index (χ1n) is 6.78. The van der Waals surface area contributed by atoms with Crippen LogP contribution < -0.4 is 10.5 Å². The van der Waals surface area contributed by atoms with Crippen molar-refractivity contribution in [2.75, 3.05) is 12.8 Å². The van der Waals surface area contributed by atoms with Crippen molar-refractivity contribution >= 4 is 16.7 Å². The van der Waals surface area contributed by atoms with E-state index in [0.29, 0.717) is 11.6 Å². The minimum absolute atomic E-state index is 0.467. The van der Waals surface area contributed by atoms with Gasteiger partial charge in [-0.2, -0.15) is 0 Å². The Kier molecular flexibility index (Phi) is 3.22. The van der Waals surface area contributed by atoms with Gasteiger partial charge >= 0.3 is 0 Å². The Hall–Kier alpha value is -2.62. The molecule has 0 unspecified atom stereocenters. The lowest BCUT2D eigenvalue weighted by Crippen LogP contribution is -1.99. The Labute approximate surface area is 123 Å². The minimum Gasteiger partial charge on any atom is -0.497 e. The molecule has 2 aromatic carbocycles. The van der Waals surface area contributed by atoms with Crippen LogP contribution in [0.1, 0.15) is 11.1 Å². The molecule has 0 spiro atoms. The number of fused-ring (bicyclic) bond motifs is 1. The molecule has 0 bridgehead atoms. The molecule has 0 fully saturated rings. The maximum atomic E-state index is 6.10. The van der Waals surface area contributed by atoms with Crippen molar-refractivity contribution in [3.63, 3.8) is 0 Å². The van der Waals surface area contributed by atoms with Gasteiger partial charge in [-0.25, -0.2) is 9.97 Å². The highest BCUT2D eigenvalue weighted by Gasteiger charge is 2.11. The summed E-state index contributed by atoms with van der Waals surface area (Å²) in [6, 6.07) is 11.7. The van der Waals surface area contributed by atoms with E-state index in [9.17, 15) is 0 Å². The Morgan fingerprint density at radius 3 is 2.62 bits per heavy atom. The average molecular weight is 279 g/mol. The quantitative estimate of drug-likeness (QED) is 0.780. The average Bonchev–Trinajstić information content (AvgIpc) is 2.49. The molecule has 0 saturated heterocycles. The number of hydrogen-bond donors (Lipinski definition) is 1. The van der Waals surface area contributed by atoms with E-state index in [1.807, 2.05) is 30.3 Å². The molecule has 0 aliphatic carbocycles. The standard InChI is InChI=1S/C17H17N3O/c1-10-5-4-6-13(11(10)2)17-19-15-8-7-12(21-3)9-14(15)16(18)20-17/h4-9H,1-3H3,(H2,18,19,20). The van der Waals surface area contributed by atoms with Gasteiger partial charge in [0.25, 0.3) is 0 Å². The highest BCUT2D eigenvalue weighted by Crippen LogP contribution is 2.28. The van der Waals surface area contributed by atoms with Gasteiger partial charge in [0, 0.05) is 10.9 Å². The molecule has 0 radical (unpaired) electrons. The van der Waals surface area contributed by atoms with E-state index in [0.717, 1.165) is 22.2 Å². The first-order chi connectivity index (χ1) is 10.1. The molecule has 21 heavy (non-hydrogen) atoms. The van der Waals surface area contributed by atoms with Crippen molar-refractivity contribution < 1.29 is 4.74 Å². The number of nitrogen functional groups attached to an aromatic ring is 1. The van der Waals surface area contributed by atoms with Crippen LogP contribution in [0.25, 0.3) is 22.3 Å². The molecule has 3 aromatic rings. The number of rotatable bonds is 2. The van der Waals surface area contributed by atoms with E-state index in [-0.39, 0.29) is 0 Å². The van der Waals surface area contributed by atoms with Gasteiger partial charge in [-0.05, 0) is 43.2 Å². The molecule has 0 atom stereocenters. The van der Waals surface area contributed by atoms with Crippen molar-refractivity contribution in [1.82, 2.24) is 9.97 Å². The molecular weight excluding hydrogens is 262 g/mol. The monoisotopic (exact) mass is 279 g/mol. The molecule has 3 rings (SSSR count). The summed E-state index contributed by atoms with van der Waals surface area (Å²) in [5, 5.41) is 0.809. The van der Waals surface area contributed by atoms with Crippen LogP contribution in [0.3, 0.4) is 0 Å². The molecule has 0 saturated carbocycles. The van der Waals surface area contributed by atoms with E-state index < -0.39 is 0 Å². The number of ether oxygens (including phenoxy) is 1. The Balaban J connectivity index is 2.23. The molecule has 0 aliphatic heterocycles. The highest BCUT2D eigenvalue weighted by molar-refractivity contribution is 5.90. The summed E-state index contributed by atoms with van der Waals surface area (Å²) in [6.45, 7) is 4.15. The zero-order chi connectivity index (χ0) is 15.0. The highest BCUT2D eigenvalue weighted by atomic mass is 16.5. The van der Waals surface area contributed by atoms with Crippen LogP contribution in [-0.4, -0.2) is 17.1 Å². The number of nitrogens with zero attached hydrogens (tertiary/aromatic N) is 2. The van der Waals surface area contributed by atoms with Gasteiger partial charge in [-0.3, -0.25) is 0 Å². The number of nitrogens with two attached hydrogens (primary N) is 1. The van der Waals surface area contributed by atoms with Crippen molar-refractivity contribution in [3.8, 4) is 17.1 Å². The lowest BCUT2D eigenvalue weighted by atomic mass is 10.0. The third-order valence-corrected chi connectivity index (χ3v) is 3.78. The third-order valence-electron chi connectivity index (χ3n) is 3.78. The summed E-state index contributed by atoms with van der Waals surface area (Å²) in [4.78, 5) is 9.10. The van der Waals surface area contributed by atoms with Crippen LogP contribution in [0.4, 0.5) is 5.82 Å². The molecular formula is C17H17N3O. The first kappa shape index (κ1) is 13.4. The van der Waals surface area contributed by atoms with Crippen LogP contribution in [0.15, 0.2) is 36.4 Å². The van der Waals surface area contributed by atoms with Crippen LogP contribution in [0.2, 0.25) is 0 Å². The predicted octanol–water partition coefficient (Wildman–Crippen LogP) is 3.50. The summed E-state index contributed by atoms with van der Waals surface area (Å²) < 4.78 is 5.22. The zero-order valence-electron chi connectivity index (χ0n) is 12.3. The van der Waals surface area contributed by atoms with Gasteiger partial charge < -0.3 is 10.5 Å². The molecule has 4 nitrogen and oxygen atoms in total. The SMILES string of the molecule is COc1ccc2nc(-c3cccc(C)c3C)nc(N)c2c1. The van der Waals surface area contributed by atoms with Crippen LogP contribution in [0, 0.1) is 13.8 Å². The summed E-state index contributed by atoms with van der Waals surface area (Å²) in [7, 11) is 1.63. The van der Waals surface area contributed by atoms with E-state index in [2.05, 4.69) is 29.9 Å². The number of aryl methyl sites for hydroxylation is 1. The molecule has 2 N–H and O–H groups in total. The van der Waals surface area contributed by atoms with Crippen molar-refractivity contribution in [2.45, 2.75) is 13.8 Å². The fraction of sp³-hybridized carbons (Fsp3) is 0.176. The van der Waals surface area contributed by atoms with Crippen molar-refractivity contribution in [3.05, 3.63) is 47.5 Å². The third kappa shape index (κ3) is 2.29. The largest absolute Gasteiger partial charge is 0.497 e. The molecule has 4 heteroatoms. The molecule has 0 aliphatic rings. The van der Waals surface area contributed by atoms with Crippen molar-refractivity contribution in [2.24, 2.45) is 0 Å². The number of anilines is 1. The molecule has 1 aromatic heterocycles. The summed E-state index contributed by atoms with van der Waals surface area (Å²) in [5.74, 6) is 1.87. The van der Waals surface area contributed by atoms with Gasteiger partial charge in [0.2, 0.25) is 0 Å². The van der Waals surface area contributed by atoms with E-state index in [1.54, 1.807) is 7.11 Å². The number of aromatic nitrogens is 2. The van der Waals surface area contributed by atoms with Gasteiger partial charge in [-0.1, -0.05) is 18.2 Å². The molecule has 1 heterocycles. The zero-order valence-corrected chi connectivity index (χ0v) is 12.3. The number of methoxy groups -OCH3 is 1. The van der Waals surface area contributed by atoms with Gasteiger partial charge in [0.05, 0.1) is 12.6 Å². The fourth-order valence-electron chi connectivity index (χ4n) is 2.37. The minimum atomic E-state index is 0.467. The Morgan fingerprint density at radius 2 is 1.86 bits per heavy atom. The molecule has 0 amide bonds. The van der Waals surface area contributed by atoms with Crippen LogP contribution in [-0.2, 0) is 0 Å². The lowest BCUT2D eigenvalue weighted by molar-refractivity contribution is 0.415. The molecule has 106 valence electrons. The van der Waals surface area contributed by atoms with Gasteiger partial charge in [0.15, 0.2) is 5.82 Å². The normalized spacial score (nSPS) is 10.8. The van der Waals surface area contributed by atoms with Gasteiger partial charge in [0.1, 0.15) is 11.6 Å². The lowest BCUT2D eigenvalue weighted by Gasteiger charge is -2.10. The number of benzene rings is 2. The van der Waals surface area contributed by atoms with E-state index >= 15 is 0 Å². The first-order valence-corrected chi connectivity index (χ1v) is 6.78. The van der Waals surface area contributed by atoms with Crippen molar-refractivity contribution in [1.29, 1.82) is 0 Å². The smallest absolute Gasteiger partial charge is 0.162 e. The maximum Gasteiger partial charge on any atom is 0.162 e. The summed E-state index contributed by atoms with van der Waals surface area (Å²) in [5.41, 5.74) is 10.3. The van der Waals surface area contributed by atoms with Crippen LogP contribution >= 0.6 is 0 Å². The second-order valence-corrected chi connectivity index (χ2v) is 5.06. The number of hydrogen-bond acceptors (Lipinski definition) is 4. The maximum absolute atomic E-state index is 6.10. The second-order valence-electron chi connectivity index (χ2n) is 5.06. The van der Waals surface area contributed by atoms with E-state index in [1.165, 1.54) is 11.1 Å². The summed E-state index contributed by atoms with van der Waals surface area (Å²) in [6.07, 6.45) is 0. The summed E-state index contributed by atoms with van der Waals surface area (Å²) >= 11 is 0. The second kappa shape index (κ2) is 5.05.